The van der Waals surface area contributed by atoms with E-state index in [1.54, 1.807) is 0 Å². The molecule has 0 saturated carbocycles. The number of rotatable bonds is 5. The van der Waals surface area contributed by atoms with Gasteiger partial charge in [0, 0.05) is 26.1 Å². The molecule has 1 aliphatic heterocycles. The topological polar surface area (TPSA) is 69.6 Å². The second-order valence-corrected chi connectivity index (χ2v) is 4.94. The minimum Gasteiger partial charge on any atom is -0.481 e. The minimum atomic E-state index is -0.779. The summed E-state index contributed by atoms with van der Waals surface area (Å²) in [6.45, 7) is 6.52. The molecule has 0 aliphatic carbocycles. The summed E-state index contributed by atoms with van der Waals surface area (Å²) in [5.74, 6) is 0.346. The fourth-order valence-corrected chi connectivity index (χ4v) is 2.00. The van der Waals surface area contributed by atoms with E-state index in [1.165, 1.54) is 0 Å². The summed E-state index contributed by atoms with van der Waals surface area (Å²) < 4.78 is 0. The number of carboxylic acid groups (broad SMARTS) is 1. The number of carbonyl (C=O) groups is 2. The molecule has 0 aromatic carbocycles. The second kappa shape index (κ2) is 6.47. The number of aliphatic carboxylic acids is 1. The normalized spacial score (nSPS) is 23.8. The average Bonchev–Trinajstić information content (AvgIpc) is 2.58. The van der Waals surface area contributed by atoms with E-state index in [1.807, 2.05) is 4.90 Å². The lowest BCUT2D eigenvalue weighted by Gasteiger charge is -2.16. The number of carbonyl (C=O) groups excluding carboxylic acids is 1. The molecule has 98 valence electrons. The Morgan fingerprint density at radius 3 is 2.35 bits per heavy atom. The van der Waals surface area contributed by atoms with Gasteiger partial charge in [0.15, 0.2) is 0 Å². The molecule has 0 aromatic rings. The monoisotopic (exact) mass is 242 g/mol. The molecule has 2 N–H and O–H groups in total. The number of nitrogens with zero attached hydrogens (tertiary/aromatic N) is 1. The zero-order valence-electron chi connectivity index (χ0n) is 10.6. The molecular weight excluding hydrogens is 220 g/mol. The number of unbranched alkanes of at least 4 members (excludes halogenated alkanes) is 1. The molecule has 1 rings (SSSR count). The quantitative estimate of drug-likeness (QED) is 0.718. The third kappa shape index (κ3) is 4.63. The lowest BCUT2D eigenvalue weighted by molar-refractivity contribution is -0.137. The third-order valence-corrected chi connectivity index (χ3v) is 3.37. The van der Waals surface area contributed by atoms with Gasteiger partial charge in [-0.2, -0.15) is 0 Å². The molecule has 5 nitrogen and oxygen atoms in total. The summed E-state index contributed by atoms with van der Waals surface area (Å²) in [5, 5.41) is 11.3. The van der Waals surface area contributed by atoms with E-state index in [2.05, 4.69) is 19.2 Å². The Morgan fingerprint density at radius 1 is 1.24 bits per heavy atom. The van der Waals surface area contributed by atoms with Gasteiger partial charge in [0.25, 0.3) is 0 Å². The Labute approximate surface area is 102 Å². The van der Waals surface area contributed by atoms with E-state index in [-0.39, 0.29) is 12.5 Å². The van der Waals surface area contributed by atoms with Crippen LogP contribution in [0.5, 0.6) is 0 Å². The molecule has 17 heavy (non-hydrogen) atoms. The van der Waals surface area contributed by atoms with Crippen molar-refractivity contribution in [2.24, 2.45) is 11.8 Å². The lowest BCUT2D eigenvalue weighted by Crippen LogP contribution is -2.39. The summed E-state index contributed by atoms with van der Waals surface area (Å²) in [5.41, 5.74) is 0. The predicted molar refractivity (Wildman–Crippen MR) is 64.8 cm³/mol. The van der Waals surface area contributed by atoms with Crippen molar-refractivity contribution in [3.8, 4) is 0 Å². The number of hydrogen-bond acceptors (Lipinski definition) is 2. The van der Waals surface area contributed by atoms with Gasteiger partial charge in [0.2, 0.25) is 0 Å². The van der Waals surface area contributed by atoms with Crippen LogP contribution in [0.15, 0.2) is 0 Å². The van der Waals surface area contributed by atoms with E-state index < -0.39 is 5.97 Å². The highest BCUT2D eigenvalue weighted by atomic mass is 16.4. The standard InChI is InChI=1S/C12H22N2O3/c1-9-7-14(8-10(9)2)12(17)13-6-4-3-5-11(15)16/h9-10H,3-8H2,1-2H3,(H,13,17)(H,15,16). The Balaban J connectivity index is 2.11. The van der Waals surface area contributed by atoms with Crippen molar-refractivity contribution < 1.29 is 14.7 Å². The fourth-order valence-electron chi connectivity index (χ4n) is 2.00. The largest absolute Gasteiger partial charge is 0.481 e. The summed E-state index contributed by atoms with van der Waals surface area (Å²) in [6, 6.07) is -0.0171. The van der Waals surface area contributed by atoms with Crippen LogP contribution < -0.4 is 5.32 Å². The van der Waals surface area contributed by atoms with E-state index in [4.69, 9.17) is 5.11 Å². The molecule has 1 saturated heterocycles. The Morgan fingerprint density at radius 2 is 1.82 bits per heavy atom. The van der Waals surface area contributed by atoms with Crippen LogP contribution in [0.3, 0.4) is 0 Å². The first-order valence-electron chi connectivity index (χ1n) is 6.25. The summed E-state index contributed by atoms with van der Waals surface area (Å²) >= 11 is 0. The van der Waals surface area contributed by atoms with Crippen LogP contribution in [0.2, 0.25) is 0 Å². The van der Waals surface area contributed by atoms with Crippen LogP contribution in [0, 0.1) is 11.8 Å². The van der Waals surface area contributed by atoms with Gasteiger partial charge in [0.1, 0.15) is 0 Å². The first-order chi connectivity index (χ1) is 8.00. The maximum Gasteiger partial charge on any atom is 0.317 e. The van der Waals surface area contributed by atoms with Crippen molar-refractivity contribution in [3.63, 3.8) is 0 Å². The molecule has 2 atom stereocenters. The van der Waals surface area contributed by atoms with Crippen LogP contribution in [-0.4, -0.2) is 41.6 Å². The van der Waals surface area contributed by atoms with Crippen molar-refractivity contribution in [1.29, 1.82) is 0 Å². The van der Waals surface area contributed by atoms with E-state index in [0.717, 1.165) is 19.5 Å². The zero-order valence-corrected chi connectivity index (χ0v) is 10.6. The Hall–Kier alpha value is -1.26. The smallest absolute Gasteiger partial charge is 0.317 e. The molecule has 0 aromatic heterocycles. The average molecular weight is 242 g/mol. The lowest BCUT2D eigenvalue weighted by atomic mass is 10.0. The van der Waals surface area contributed by atoms with Gasteiger partial charge >= 0.3 is 12.0 Å². The van der Waals surface area contributed by atoms with Gasteiger partial charge in [-0.05, 0) is 24.7 Å². The Kier molecular flexibility index (Phi) is 5.25. The number of urea groups is 1. The first kappa shape index (κ1) is 13.8. The molecule has 2 amide bonds. The SMILES string of the molecule is CC1CN(C(=O)NCCCCC(=O)O)CC1C. The highest BCUT2D eigenvalue weighted by molar-refractivity contribution is 5.74. The van der Waals surface area contributed by atoms with E-state index in [9.17, 15) is 9.59 Å². The molecule has 1 heterocycles. The molecule has 5 heteroatoms. The fraction of sp³-hybridized carbons (Fsp3) is 0.833. The number of nitrogens with one attached hydrogen (secondary N) is 1. The maximum absolute atomic E-state index is 11.7. The van der Waals surface area contributed by atoms with Crippen molar-refractivity contribution in [2.45, 2.75) is 33.1 Å². The first-order valence-corrected chi connectivity index (χ1v) is 6.25. The van der Waals surface area contributed by atoms with Crippen LogP contribution in [0.4, 0.5) is 4.79 Å². The molecule has 0 radical (unpaired) electrons. The summed E-state index contributed by atoms with van der Waals surface area (Å²) in [6.07, 6.45) is 1.51. The molecule has 1 aliphatic rings. The maximum atomic E-state index is 11.7. The Bertz CT molecular complexity index is 271. The van der Waals surface area contributed by atoms with Crippen LogP contribution in [-0.2, 0) is 4.79 Å². The third-order valence-electron chi connectivity index (χ3n) is 3.37. The highest BCUT2D eigenvalue weighted by Gasteiger charge is 2.28. The molecule has 0 spiro atoms. The second-order valence-electron chi connectivity index (χ2n) is 4.94. The van der Waals surface area contributed by atoms with Crippen LogP contribution in [0.1, 0.15) is 33.1 Å². The summed E-state index contributed by atoms with van der Waals surface area (Å²) in [4.78, 5) is 23.9. The number of carboxylic acids is 1. The number of amides is 2. The molecule has 0 bridgehead atoms. The highest BCUT2D eigenvalue weighted by Crippen LogP contribution is 2.21. The minimum absolute atomic E-state index is 0.0171. The van der Waals surface area contributed by atoms with Crippen molar-refractivity contribution in [3.05, 3.63) is 0 Å². The van der Waals surface area contributed by atoms with Gasteiger partial charge in [-0.15, -0.1) is 0 Å². The van der Waals surface area contributed by atoms with Gasteiger partial charge in [0.05, 0.1) is 0 Å². The van der Waals surface area contributed by atoms with Crippen molar-refractivity contribution in [1.82, 2.24) is 10.2 Å². The molecule has 2 unspecified atom stereocenters. The van der Waals surface area contributed by atoms with Crippen molar-refractivity contribution >= 4 is 12.0 Å². The van der Waals surface area contributed by atoms with Gasteiger partial charge < -0.3 is 15.3 Å². The van der Waals surface area contributed by atoms with Crippen LogP contribution >= 0.6 is 0 Å². The number of likely N-dealkylation sites (tertiary alicyclic amines) is 1. The van der Waals surface area contributed by atoms with Gasteiger partial charge in [-0.1, -0.05) is 13.8 Å². The summed E-state index contributed by atoms with van der Waals surface area (Å²) in [7, 11) is 0. The molecular formula is C12H22N2O3. The molecule has 1 fully saturated rings. The number of hydrogen-bond donors (Lipinski definition) is 2. The zero-order chi connectivity index (χ0) is 12.8. The predicted octanol–water partition coefficient (Wildman–Crippen LogP) is 1.54. The van der Waals surface area contributed by atoms with Gasteiger partial charge in [-0.3, -0.25) is 4.79 Å². The van der Waals surface area contributed by atoms with E-state index >= 15 is 0 Å². The van der Waals surface area contributed by atoms with Crippen molar-refractivity contribution in [2.75, 3.05) is 19.6 Å². The van der Waals surface area contributed by atoms with Crippen LogP contribution in [0.25, 0.3) is 0 Å². The van der Waals surface area contributed by atoms with Gasteiger partial charge in [-0.25, -0.2) is 4.79 Å². The van der Waals surface area contributed by atoms with E-state index in [0.29, 0.717) is 24.8 Å².